The van der Waals surface area contributed by atoms with E-state index in [4.69, 9.17) is 9.88 Å². The molecule has 0 aromatic heterocycles. The molecule has 0 spiro atoms. The molecule has 0 heterocycles. The second kappa shape index (κ2) is 5.69. The van der Waals surface area contributed by atoms with E-state index < -0.39 is 10.0 Å². The summed E-state index contributed by atoms with van der Waals surface area (Å²) in [6.45, 7) is 6.88. The van der Waals surface area contributed by atoms with Crippen molar-refractivity contribution in [1.29, 1.82) is 0 Å². The van der Waals surface area contributed by atoms with Crippen molar-refractivity contribution < 1.29 is 13.2 Å². The molecule has 18 heavy (non-hydrogen) atoms. The molecule has 1 aromatic carbocycles. The molecule has 0 radical (unpaired) electrons. The Morgan fingerprint density at radius 3 is 2.50 bits per heavy atom. The minimum absolute atomic E-state index is 0.0947. The Bertz CT molecular complexity index is 498. The van der Waals surface area contributed by atoms with Gasteiger partial charge in [-0.1, -0.05) is 12.1 Å². The summed E-state index contributed by atoms with van der Waals surface area (Å²) in [7, 11) is -3.72. The van der Waals surface area contributed by atoms with E-state index in [0.717, 1.165) is 0 Å². The summed E-state index contributed by atoms with van der Waals surface area (Å²) in [5.41, 5.74) is 0.119. The van der Waals surface area contributed by atoms with Gasteiger partial charge in [-0.05, 0) is 32.9 Å². The van der Waals surface area contributed by atoms with Gasteiger partial charge in [0.1, 0.15) is 4.90 Å². The van der Waals surface area contributed by atoms with Gasteiger partial charge in [0.05, 0.1) is 11.3 Å². The summed E-state index contributed by atoms with van der Waals surface area (Å²) in [6, 6.07) is 6.55. The number of rotatable bonds is 6. The molecule has 0 amide bonds. The normalized spacial score (nSPS) is 12.4. The molecule has 1 rings (SSSR count). The van der Waals surface area contributed by atoms with E-state index >= 15 is 0 Å². The maximum absolute atomic E-state index is 11.4. The van der Waals surface area contributed by atoms with Crippen LogP contribution in [0.25, 0.3) is 0 Å². The van der Waals surface area contributed by atoms with E-state index in [2.05, 4.69) is 5.32 Å². The molecule has 102 valence electrons. The lowest BCUT2D eigenvalue weighted by atomic mass is 10.1. The Balaban J connectivity index is 2.86. The average molecular weight is 272 g/mol. The van der Waals surface area contributed by atoms with Crippen molar-refractivity contribution in [3.05, 3.63) is 24.3 Å². The summed E-state index contributed by atoms with van der Waals surface area (Å²) in [5.74, 6) is 0. The second-order valence-electron chi connectivity index (χ2n) is 4.59. The average Bonchev–Trinajstić information content (AvgIpc) is 2.26. The van der Waals surface area contributed by atoms with Gasteiger partial charge in [0.15, 0.2) is 0 Å². The summed E-state index contributed by atoms with van der Waals surface area (Å²) in [4.78, 5) is 0.0947. The van der Waals surface area contributed by atoms with Gasteiger partial charge in [-0.15, -0.1) is 0 Å². The molecule has 6 heteroatoms. The van der Waals surface area contributed by atoms with E-state index in [1.807, 2.05) is 20.8 Å². The number of sulfonamides is 1. The number of nitrogens with one attached hydrogen (secondary N) is 1. The summed E-state index contributed by atoms with van der Waals surface area (Å²) < 4.78 is 28.4. The van der Waals surface area contributed by atoms with Crippen molar-refractivity contribution in [3.8, 4) is 0 Å². The van der Waals surface area contributed by atoms with Crippen LogP contribution in [-0.4, -0.2) is 27.2 Å². The van der Waals surface area contributed by atoms with Crippen LogP contribution in [-0.2, 0) is 14.8 Å². The topological polar surface area (TPSA) is 81.4 Å². The first-order chi connectivity index (χ1) is 8.26. The number of primary sulfonamides is 1. The molecule has 0 aliphatic rings. The molecule has 0 aliphatic heterocycles. The van der Waals surface area contributed by atoms with Gasteiger partial charge in [0.25, 0.3) is 0 Å². The monoisotopic (exact) mass is 272 g/mol. The van der Waals surface area contributed by atoms with E-state index in [9.17, 15) is 8.42 Å². The van der Waals surface area contributed by atoms with Gasteiger partial charge in [-0.2, -0.15) is 0 Å². The third kappa shape index (κ3) is 4.29. The number of hydrogen-bond donors (Lipinski definition) is 2. The summed E-state index contributed by atoms with van der Waals surface area (Å²) in [6.07, 6.45) is 0. The van der Waals surface area contributed by atoms with Crippen molar-refractivity contribution in [3.63, 3.8) is 0 Å². The van der Waals surface area contributed by atoms with Crippen LogP contribution < -0.4 is 10.5 Å². The van der Waals surface area contributed by atoms with E-state index in [1.165, 1.54) is 6.07 Å². The molecule has 0 atom stereocenters. The number of ether oxygens (including phenoxy) is 1. The van der Waals surface area contributed by atoms with Gasteiger partial charge in [0.2, 0.25) is 10.0 Å². The highest BCUT2D eigenvalue weighted by molar-refractivity contribution is 7.89. The maximum atomic E-state index is 11.4. The molecule has 1 aromatic rings. The number of anilines is 1. The summed E-state index contributed by atoms with van der Waals surface area (Å²) >= 11 is 0. The third-order valence-electron chi connectivity index (χ3n) is 2.43. The predicted octanol–water partition coefficient (Wildman–Crippen LogP) is 1.56. The lowest BCUT2D eigenvalue weighted by Crippen LogP contribution is -2.33. The largest absolute Gasteiger partial charge is 0.381 e. The quantitative estimate of drug-likeness (QED) is 0.823. The van der Waals surface area contributed by atoms with E-state index in [-0.39, 0.29) is 10.5 Å². The minimum Gasteiger partial charge on any atom is -0.381 e. The zero-order valence-electron chi connectivity index (χ0n) is 10.9. The van der Waals surface area contributed by atoms with Crippen molar-refractivity contribution in [2.24, 2.45) is 5.14 Å². The highest BCUT2D eigenvalue weighted by Crippen LogP contribution is 2.20. The van der Waals surface area contributed by atoms with Crippen molar-refractivity contribution in [2.75, 3.05) is 18.5 Å². The lowest BCUT2D eigenvalue weighted by molar-refractivity contribution is 0.000660. The summed E-state index contributed by atoms with van der Waals surface area (Å²) in [5, 5.41) is 8.22. The molecule has 0 bridgehead atoms. The molecule has 0 unspecified atom stereocenters. The highest BCUT2D eigenvalue weighted by atomic mass is 32.2. The fraction of sp³-hybridized carbons (Fsp3) is 0.500. The Hall–Kier alpha value is -1.11. The SMILES string of the molecule is CCOC(C)(C)CNc1ccccc1S(N)(=O)=O. The van der Waals surface area contributed by atoms with Crippen molar-refractivity contribution in [2.45, 2.75) is 31.3 Å². The Kier molecular flexibility index (Phi) is 4.72. The van der Waals surface area contributed by atoms with Crippen LogP contribution in [0.2, 0.25) is 0 Å². The molecular weight excluding hydrogens is 252 g/mol. The zero-order valence-corrected chi connectivity index (χ0v) is 11.8. The maximum Gasteiger partial charge on any atom is 0.240 e. The van der Waals surface area contributed by atoms with Gasteiger partial charge in [-0.3, -0.25) is 0 Å². The molecular formula is C12H20N2O3S. The van der Waals surface area contributed by atoms with Crippen LogP contribution in [0.5, 0.6) is 0 Å². The Morgan fingerprint density at radius 2 is 1.94 bits per heavy atom. The Labute approximate surface area is 108 Å². The number of nitrogens with two attached hydrogens (primary N) is 1. The third-order valence-corrected chi connectivity index (χ3v) is 3.40. The minimum atomic E-state index is -3.72. The molecule has 0 saturated heterocycles. The molecule has 3 N–H and O–H groups in total. The number of hydrogen-bond acceptors (Lipinski definition) is 4. The molecule has 0 aliphatic carbocycles. The van der Waals surface area contributed by atoms with Gasteiger partial charge >= 0.3 is 0 Å². The Morgan fingerprint density at radius 1 is 1.33 bits per heavy atom. The highest BCUT2D eigenvalue weighted by Gasteiger charge is 2.19. The van der Waals surface area contributed by atoms with Gasteiger partial charge in [0, 0.05) is 13.2 Å². The fourth-order valence-corrected chi connectivity index (χ4v) is 2.33. The predicted molar refractivity (Wildman–Crippen MR) is 72.0 cm³/mol. The smallest absolute Gasteiger partial charge is 0.240 e. The van der Waals surface area contributed by atoms with Gasteiger partial charge in [-0.25, -0.2) is 13.6 Å². The van der Waals surface area contributed by atoms with E-state index in [0.29, 0.717) is 18.8 Å². The first kappa shape index (κ1) is 14.9. The van der Waals surface area contributed by atoms with E-state index in [1.54, 1.807) is 18.2 Å². The van der Waals surface area contributed by atoms with Gasteiger partial charge < -0.3 is 10.1 Å². The zero-order chi connectivity index (χ0) is 13.8. The first-order valence-corrected chi connectivity index (χ1v) is 7.30. The fourth-order valence-electron chi connectivity index (χ4n) is 1.61. The molecule has 0 saturated carbocycles. The number of para-hydroxylation sites is 1. The number of benzene rings is 1. The van der Waals surface area contributed by atoms with Crippen LogP contribution >= 0.6 is 0 Å². The van der Waals surface area contributed by atoms with Crippen LogP contribution in [0, 0.1) is 0 Å². The standard InChI is InChI=1S/C12H20N2O3S/c1-4-17-12(2,3)9-14-10-7-5-6-8-11(10)18(13,15)16/h5-8,14H,4,9H2,1-3H3,(H2,13,15,16). The molecule has 5 nitrogen and oxygen atoms in total. The van der Waals surface area contributed by atoms with Crippen LogP contribution in [0.3, 0.4) is 0 Å². The van der Waals surface area contributed by atoms with Crippen molar-refractivity contribution >= 4 is 15.7 Å². The molecule has 0 fully saturated rings. The first-order valence-electron chi connectivity index (χ1n) is 5.76. The van der Waals surface area contributed by atoms with Crippen molar-refractivity contribution in [1.82, 2.24) is 0 Å². The second-order valence-corrected chi connectivity index (χ2v) is 6.12. The van der Waals surface area contributed by atoms with Crippen LogP contribution in [0.1, 0.15) is 20.8 Å². The van der Waals surface area contributed by atoms with Crippen LogP contribution in [0.4, 0.5) is 5.69 Å². The van der Waals surface area contributed by atoms with Crippen LogP contribution in [0.15, 0.2) is 29.2 Å². The lowest BCUT2D eigenvalue weighted by Gasteiger charge is -2.26.